The first-order valence-electron chi connectivity index (χ1n) is 10.0. The highest BCUT2D eigenvalue weighted by Crippen LogP contribution is 2.30. The van der Waals surface area contributed by atoms with Crippen LogP contribution in [0, 0.1) is 18.3 Å². The lowest BCUT2D eigenvalue weighted by molar-refractivity contribution is 0.0588. The third kappa shape index (κ3) is 3.76. The van der Waals surface area contributed by atoms with E-state index in [0.29, 0.717) is 30.4 Å². The molecule has 1 heterocycles. The molecule has 4 rings (SSSR count). The zero-order valence-electron chi connectivity index (χ0n) is 16.9. The molecule has 1 saturated carbocycles. The van der Waals surface area contributed by atoms with Crippen LogP contribution in [0.1, 0.15) is 52.0 Å². The molecule has 0 spiro atoms. The number of ether oxygens (including phenoxy) is 1. The lowest BCUT2D eigenvalue weighted by Crippen LogP contribution is -2.34. The van der Waals surface area contributed by atoms with Crippen molar-refractivity contribution >= 4 is 16.9 Å². The molecule has 0 radical (unpaired) electrons. The minimum absolute atomic E-state index is 0.350. The maximum absolute atomic E-state index is 12.8. The summed E-state index contributed by atoms with van der Waals surface area (Å²) in [6.07, 6.45) is 3.60. The second-order valence-corrected chi connectivity index (χ2v) is 7.74. The molecule has 1 fully saturated rings. The van der Waals surface area contributed by atoms with Crippen LogP contribution in [-0.4, -0.2) is 23.7 Å². The Labute approximate surface area is 170 Å². The van der Waals surface area contributed by atoms with Gasteiger partial charge in [-0.25, -0.2) is 4.79 Å². The Balaban J connectivity index is 1.85. The fourth-order valence-corrected chi connectivity index (χ4v) is 3.90. The Morgan fingerprint density at radius 3 is 2.62 bits per heavy atom. The summed E-state index contributed by atoms with van der Waals surface area (Å²) in [6.45, 7) is 3.20. The summed E-state index contributed by atoms with van der Waals surface area (Å²) in [6, 6.07) is 16.6. The molecule has 3 aromatic rings. The van der Waals surface area contributed by atoms with E-state index in [4.69, 9.17) is 4.74 Å². The molecule has 1 aromatic heterocycles. The highest BCUT2D eigenvalue weighted by atomic mass is 16.5. The number of hydrogen-bond donors (Lipinski definition) is 1. The molecule has 0 unspecified atom stereocenters. The number of rotatable bonds is 6. The molecule has 0 aliphatic heterocycles. The van der Waals surface area contributed by atoms with Crippen LogP contribution in [0.3, 0.4) is 0 Å². The van der Waals surface area contributed by atoms with Crippen molar-refractivity contribution in [1.29, 1.82) is 5.26 Å². The fourth-order valence-electron chi connectivity index (χ4n) is 3.90. The largest absolute Gasteiger partial charge is 0.464 e. The number of methoxy groups -OCH3 is 1. The highest BCUT2D eigenvalue weighted by Gasteiger charge is 2.25. The molecule has 1 N–H and O–H groups in total. The van der Waals surface area contributed by atoms with E-state index in [-0.39, 0.29) is 5.97 Å². The number of benzene rings is 2. The number of aryl methyl sites for hydroxylation is 1. The van der Waals surface area contributed by atoms with Gasteiger partial charge in [-0.1, -0.05) is 42.3 Å². The predicted octanol–water partition coefficient (Wildman–Crippen LogP) is 4.30. The standard InChI is InChI=1S/C24H25N3O2/c1-16-6-8-17(9-7-16)15-27-22-12-18(13-25)10-11-20(22)21(23(27)24(28)29-2)14-26-19-4-3-5-19/h6-12,19,26H,3-5,14-15H2,1-2H3. The Bertz CT molecular complexity index is 1090. The molecule has 0 saturated heterocycles. The van der Waals surface area contributed by atoms with Gasteiger partial charge in [0.25, 0.3) is 0 Å². The lowest BCUT2D eigenvalue weighted by atomic mass is 9.93. The number of fused-ring (bicyclic) bond motifs is 1. The van der Waals surface area contributed by atoms with Crippen LogP contribution in [0.4, 0.5) is 0 Å². The van der Waals surface area contributed by atoms with Gasteiger partial charge in [-0.3, -0.25) is 0 Å². The summed E-state index contributed by atoms with van der Waals surface area (Å²) >= 11 is 0. The maximum Gasteiger partial charge on any atom is 0.355 e. The fraction of sp³-hybridized carbons (Fsp3) is 0.333. The molecule has 29 heavy (non-hydrogen) atoms. The number of hydrogen-bond acceptors (Lipinski definition) is 4. The van der Waals surface area contributed by atoms with Crippen LogP contribution >= 0.6 is 0 Å². The smallest absolute Gasteiger partial charge is 0.355 e. The molecule has 148 valence electrons. The monoisotopic (exact) mass is 387 g/mol. The average Bonchev–Trinajstić information content (AvgIpc) is 3.00. The normalized spacial score (nSPS) is 13.8. The van der Waals surface area contributed by atoms with E-state index in [0.717, 1.165) is 22.0 Å². The highest BCUT2D eigenvalue weighted by molar-refractivity contribution is 5.99. The number of nitrogens with one attached hydrogen (secondary N) is 1. The van der Waals surface area contributed by atoms with Crippen molar-refractivity contribution in [3.8, 4) is 6.07 Å². The topological polar surface area (TPSA) is 67.0 Å². The minimum atomic E-state index is -0.350. The second kappa shape index (κ2) is 8.10. The summed E-state index contributed by atoms with van der Waals surface area (Å²) in [7, 11) is 1.42. The van der Waals surface area contributed by atoms with E-state index in [1.165, 1.54) is 31.9 Å². The van der Waals surface area contributed by atoms with Crippen LogP contribution in [0.15, 0.2) is 42.5 Å². The Morgan fingerprint density at radius 1 is 1.24 bits per heavy atom. The van der Waals surface area contributed by atoms with Gasteiger partial charge in [0, 0.05) is 30.1 Å². The average molecular weight is 387 g/mol. The van der Waals surface area contributed by atoms with Crippen molar-refractivity contribution in [3.63, 3.8) is 0 Å². The Kier molecular flexibility index (Phi) is 5.37. The lowest BCUT2D eigenvalue weighted by Gasteiger charge is -2.26. The number of carbonyl (C=O) groups excluding carboxylic acids is 1. The maximum atomic E-state index is 12.8. The molecule has 1 aliphatic rings. The molecular weight excluding hydrogens is 362 g/mol. The van der Waals surface area contributed by atoms with Crippen molar-refractivity contribution < 1.29 is 9.53 Å². The first-order chi connectivity index (χ1) is 14.1. The second-order valence-electron chi connectivity index (χ2n) is 7.74. The predicted molar refractivity (Wildman–Crippen MR) is 113 cm³/mol. The first-order valence-corrected chi connectivity index (χ1v) is 10.0. The van der Waals surface area contributed by atoms with E-state index in [2.05, 4.69) is 42.6 Å². The summed E-state index contributed by atoms with van der Waals surface area (Å²) in [4.78, 5) is 12.8. The number of aromatic nitrogens is 1. The molecule has 0 bridgehead atoms. The van der Waals surface area contributed by atoms with Crippen LogP contribution in [-0.2, 0) is 17.8 Å². The zero-order chi connectivity index (χ0) is 20.4. The molecule has 5 heteroatoms. The van der Waals surface area contributed by atoms with Gasteiger partial charge in [-0.15, -0.1) is 0 Å². The van der Waals surface area contributed by atoms with Crippen LogP contribution in [0.5, 0.6) is 0 Å². The summed E-state index contributed by atoms with van der Waals surface area (Å²) in [5.41, 5.74) is 5.25. The molecule has 5 nitrogen and oxygen atoms in total. The van der Waals surface area contributed by atoms with E-state index in [1.807, 2.05) is 22.8 Å². The van der Waals surface area contributed by atoms with Gasteiger partial charge < -0.3 is 14.6 Å². The van der Waals surface area contributed by atoms with Crippen molar-refractivity contribution in [1.82, 2.24) is 9.88 Å². The Morgan fingerprint density at radius 2 is 2.00 bits per heavy atom. The van der Waals surface area contributed by atoms with Crippen molar-refractivity contribution in [2.45, 2.75) is 45.3 Å². The molecule has 2 aromatic carbocycles. The summed E-state index contributed by atoms with van der Waals surface area (Å²) in [5, 5.41) is 14.0. The van der Waals surface area contributed by atoms with Gasteiger partial charge in [0.05, 0.1) is 24.3 Å². The number of esters is 1. The number of nitriles is 1. The van der Waals surface area contributed by atoms with Gasteiger partial charge in [0.1, 0.15) is 5.69 Å². The molecule has 1 aliphatic carbocycles. The van der Waals surface area contributed by atoms with Crippen molar-refractivity contribution in [3.05, 3.63) is 70.4 Å². The number of carbonyl (C=O) groups is 1. The number of nitrogens with zero attached hydrogens (tertiary/aromatic N) is 2. The van der Waals surface area contributed by atoms with Gasteiger partial charge in [0.15, 0.2) is 0 Å². The van der Waals surface area contributed by atoms with Crippen LogP contribution < -0.4 is 5.32 Å². The molecular formula is C24H25N3O2. The first kappa shape index (κ1) is 19.2. The van der Waals surface area contributed by atoms with Crippen LogP contribution in [0.2, 0.25) is 0 Å². The third-order valence-corrected chi connectivity index (χ3v) is 5.81. The SMILES string of the molecule is COC(=O)c1c(CNC2CCC2)c2ccc(C#N)cc2n1Cc1ccc(C)cc1. The van der Waals surface area contributed by atoms with Gasteiger partial charge in [-0.05, 0) is 37.5 Å². The van der Waals surface area contributed by atoms with E-state index in [1.54, 1.807) is 0 Å². The minimum Gasteiger partial charge on any atom is -0.464 e. The molecule has 0 amide bonds. The quantitative estimate of drug-likeness (QED) is 0.641. The third-order valence-electron chi connectivity index (χ3n) is 5.81. The van der Waals surface area contributed by atoms with Crippen molar-refractivity contribution in [2.24, 2.45) is 0 Å². The Hall–Kier alpha value is -3.10. The van der Waals surface area contributed by atoms with Crippen molar-refractivity contribution in [2.75, 3.05) is 7.11 Å². The van der Waals surface area contributed by atoms with Gasteiger partial charge >= 0.3 is 5.97 Å². The van der Waals surface area contributed by atoms with E-state index in [9.17, 15) is 10.1 Å². The van der Waals surface area contributed by atoms with E-state index < -0.39 is 0 Å². The van der Waals surface area contributed by atoms with Gasteiger partial charge in [0.2, 0.25) is 0 Å². The summed E-state index contributed by atoms with van der Waals surface area (Å²) < 4.78 is 7.15. The van der Waals surface area contributed by atoms with Crippen LogP contribution in [0.25, 0.3) is 10.9 Å². The zero-order valence-corrected chi connectivity index (χ0v) is 16.9. The van der Waals surface area contributed by atoms with Gasteiger partial charge in [-0.2, -0.15) is 5.26 Å². The molecule has 0 atom stereocenters. The van der Waals surface area contributed by atoms with E-state index >= 15 is 0 Å². The summed E-state index contributed by atoms with van der Waals surface area (Å²) in [5.74, 6) is -0.350.